The zero-order valence-electron chi connectivity index (χ0n) is 21.1. The van der Waals surface area contributed by atoms with Crippen LogP contribution < -0.4 is 9.47 Å². The molecule has 0 aliphatic carbocycles. The second-order valence-corrected chi connectivity index (χ2v) is 9.72. The number of hydrogen-bond acceptors (Lipinski definition) is 6. The Morgan fingerprint density at radius 2 is 1.64 bits per heavy atom. The number of benzene rings is 2. The first-order chi connectivity index (χ1) is 17.2. The number of amides is 1. The van der Waals surface area contributed by atoms with E-state index in [-0.39, 0.29) is 23.3 Å². The molecule has 1 fully saturated rings. The highest BCUT2D eigenvalue weighted by Crippen LogP contribution is 2.42. The summed E-state index contributed by atoms with van der Waals surface area (Å²) in [5, 5.41) is 11.6. The van der Waals surface area contributed by atoms with Crippen LogP contribution in [0.4, 0.5) is 0 Å². The Balaban J connectivity index is 1.92. The number of carbonyl (C=O) groups excluding carboxylic acids is 2. The number of nitrogens with zero attached hydrogens (tertiary/aromatic N) is 2. The summed E-state index contributed by atoms with van der Waals surface area (Å²) in [5.74, 6) is -0.640. The molecule has 1 aromatic heterocycles. The third-order valence-corrected chi connectivity index (χ3v) is 6.39. The summed E-state index contributed by atoms with van der Waals surface area (Å²) in [6, 6.07) is 15.4. The molecule has 1 amide bonds. The van der Waals surface area contributed by atoms with Gasteiger partial charge in [0.15, 0.2) is 0 Å². The van der Waals surface area contributed by atoms with Crippen molar-refractivity contribution in [3.63, 3.8) is 0 Å². The van der Waals surface area contributed by atoms with Gasteiger partial charge in [-0.2, -0.15) is 0 Å². The molecule has 2 heterocycles. The van der Waals surface area contributed by atoms with Gasteiger partial charge in [0.1, 0.15) is 17.3 Å². The number of aromatic nitrogens is 1. The summed E-state index contributed by atoms with van der Waals surface area (Å²) < 4.78 is 10.8. The van der Waals surface area contributed by atoms with Gasteiger partial charge in [0.25, 0.3) is 11.7 Å². The van der Waals surface area contributed by atoms with Crippen LogP contribution in [0.5, 0.6) is 11.5 Å². The van der Waals surface area contributed by atoms with Gasteiger partial charge in [0, 0.05) is 18.9 Å². The third-order valence-electron chi connectivity index (χ3n) is 6.39. The summed E-state index contributed by atoms with van der Waals surface area (Å²) >= 11 is 0. The smallest absolute Gasteiger partial charge is 0.295 e. The quantitative estimate of drug-likeness (QED) is 0.299. The first kappa shape index (κ1) is 25.0. The normalized spacial score (nSPS) is 17.4. The third kappa shape index (κ3) is 4.69. The van der Waals surface area contributed by atoms with Gasteiger partial charge in [-0.3, -0.25) is 14.6 Å². The minimum atomic E-state index is -0.799. The predicted octanol–water partition coefficient (Wildman–Crippen LogP) is 5.02. The van der Waals surface area contributed by atoms with Crippen LogP contribution in [0.3, 0.4) is 0 Å². The van der Waals surface area contributed by atoms with Crippen molar-refractivity contribution >= 4 is 17.4 Å². The maximum Gasteiger partial charge on any atom is 0.295 e. The summed E-state index contributed by atoms with van der Waals surface area (Å²) in [6.07, 6.45) is 3.27. The van der Waals surface area contributed by atoms with Crippen LogP contribution >= 0.6 is 0 Å². The highest BCUT2D eigenvalue weighted by Gasteiger charge is 2.46. The van der Waals surface area contributed by atoms with Gasteiger partial charge in [0.05, 0.1) is 31.4 Å². The van der Waals surface area contributed by atoms with Crippen molar-refractivity contribution in [3.05, 3.63) is 94.8 Å². The molecule has 1 aliphatic rings. The number of hydrogen-bond donors (Lipinski definition) is 1. The molecule has 1 N–H and O–H groups in total. The topological polar surface area (TPSA) is 89.0 Å². The van der Waals surface area contributed by atoms with Gasteiger partial charge in [-0.15, -0.1) is 0 Å². The number of ketones is 1. The lowest BCUT2D eigenvalue weighted by molar-refractivity contribution is -0.140. The van der Waals surface area contributed by atoms with Crippen molar-refractivity contribution in [1.82, 2.24) is 9.88 Å². The molecule has 1 saturated heterocycles. The number of aliphatic hydroxyl groups excluding tert-OH is 1. The lowest BCUT2D eigenvalue weighted by Crippen LogP contribution is -2.29. The Morgan fingerprint density at radius 1 is 0.972 bits per heavy atom. The van der Waals surface area contributed by atoms with E-state index in [0.717, 1.165) is 11.1 Å². The standard InChI is InChI=1S/C29H30N2O5/c1-29(2,3)20-8-11-23(36-5)22(16-20)26(32)24-25(19-6-9-21(35-4)10-7-19)31(28(34)27(24)33)17-18-12-14-30-15-13-18/h6-16,25,32H,17H2,1-5H3/b26-24+. The molecule has 0 spiro atoms. The average Bonchev–Trinajstić information content (AvgIpc) is 3.13. The molecule has 36 heavy (non-hydrogen) atoms. The van der Waals surface area contributed by atoms with E-state index in [9.17, 15) is 14.7 Å². The zero-order valence-corrected chi connectivity index (χ0v) is 21.1. The van der Waals surface area contributed by atoms with Crippen molar-refractivity contribution in [2.75, 3.05) is 14.2 Å². The van der Waals surface area contributed by atoms with Crippen molar-refractivity contribution < 1.29 is 24.2 Å². The molecule has 186 valence electrons. The highest BCUT2D eigenvalue weighted by molar-refractivity contribution is 6.46. The maximum absolute atomic E-state index is 13.4. The number of ether oxygens (including phenoxy) is 2. The number of rotatable bonds is 6. The molecule has 0 saturated carbocycles. The summed E-state index contributed by atoms with van der Waals surface area (Å²) in [7, 11) is 3.07. The van der Waals surface area contributed by atoms with E-state index in [2.05, 4.69) is 25.8 Å². The molecule has 1 atom stereocenters. The molecule has 4 rings (SSSR count). The molecule has 0 radical (unpaired) electrons. The van der Waals surface area contributed by atoms with Crippen molar-refractivity contribution in [2.45, 2.75) is 38.8 Å². The van der Waals surface area contributed by atoms with E-state index in [4.69, 9.17) is 9.47 Å². The fraction of sp³-hybridized carbons (Fsp3) is 0.276. The van der Waals surface area contributed by atoms with Crippen LogP contribution in [-0.2, 0) is 21.5 Å². The summed E-state index contributed by atoms with van der Waals surface area (Å²) in [5.41, 5.74) is 2.63. The molecule has 1 aliphatic heterocycles. The van der Waals surface area contributed by atoms with Crippen molar-refractivity contribution in [2.24, 2.45) is 0 Å². The Morgan fingerprint density at radius 3 is 2.22 bits per heavy atom. The van der Waals surface area contributed by atoms with Gasteiger partial charge in [-0.25, -0.2) is 0 Å². The van der Waals surface area contributed by atoms with Crippen LogP contribution in [-0.4, -0.2) is 40.9 Å². The van der Waals surface area contributed by atoms with Crippen molar-refractivity contribution in [3.8, 4) is 11.5 Å². The first-order valence-electron chi connectivity index (χ1n) is 11.7. The number of pyridine rings is 1. The van der Waals surface area contributed by atoms with Gasteiger partial charge in [-0.1, -0.05) is 39.0 Å². The second-order valence-electron chi connectivity index (χ2n) is 9.72. The minimum absolute atomic E-state index is 0.0172. The van der Waals surface area contributed by atoms with Crippen LogP contribution in [0.2, 0.25) is 0 Å². The Kier molecular flexibility index (Phi) is 6.84. The van der Waals surface area contributed by atoms with E-state index in [1.165, 1.54) is 12.0 Å². The van der Waals surface area contributed by atoms with E-state index in [0.29, 0.717) is 22.6 Å². The Bertz CT molecular complexity index is 1310. The van der Waals surface area contributed by atoms with Gasteiger partial charge in [-0.05, 0) is 58.5 Å². The Labute approximate surface area is 211 Å². The van der Waals surface area contributed by atoms with E-state index < -0.39 is 17.7 Å². The molecule has 2 aromatic carbocycles. The number of aliphatic hydroxyl groups is 1. The van der Waals surface area contributed by atoms with Crippen LogP contribution in [0.25, 0.3) is 5.76 Å². The number of likely N-dealkylation sites (tertiary alicyclic amines) is 1. The number of Topliss-reactive ketones (excluding diaryl/α,β-unsaturated/α-hetero) is 1. The van der Waals surface area contributed by atoms with Crippen LogP contribution in [0.1, 0.15) is 49.1 Å². The molecule has 1 unspecified atom stereocenters. The van der Waals surface area contributed by atoms with E-state index >= 15 is 0 Å². The fourth-order valence-electron chi connectivity index (χ4n) is 4.37. The van der Waals surface area contributed by atoms with Crippen LogP contribution in [0, 0.1) is 0 Å². The Hall–Kier alpha value is -4.13. The largest absolute Gasteiger partial charge is 0.507 e. The van der Waals surface area contributed by atoms with Gasteiger partial charge >= 0.3 is 0 Å². The monoisotopic (exact) mass is 486 g/mol. The lowest BCUT2D eigenvalue weighted by Gasteiger charge is -2.26. The summed E-state index contributed by atoms with van der Waals surface area (Å²) in [6.45, 7) is 6.36. The maximum atomic E-state index is 13.4. The molecule has 3 aromatic rings. The molecular weight excluding hydrogens is 456 g/mol. The molecule has 0 bridgehead atoms. The molecule has 7 nitrogen and oxygen atoms in total. The first-order valence-corrected chi connectivity index (χ1v) is 11.7. The number of methoxy groups -OCH3 is 2. The molecule has 7 heteroatoms. The summed E-state index contributed by atoms with van der Waals surface area (Å²) in [4.78, 5) is 32.2. The minimum Gasteiger partial charge on any atom is -0.507 e. The predicted molar refractivity (Wildman–Crippen MR) is 137 cm³/mol. The lowest BCUT2D eigenvalue weighted by atomic mass is 9.85. The van der Waals surface area contributed by atoms with E-state index in [1.807, 2.05) is 12.1 Å². The number of carbonyl (C=O) groups is 2. The average molecular weight is 487 g/mol. The van der Waals surface area contributed by atoms with Crippen molar-refractivity contribution in [1.29, 1.82) is 0 Å². The zero-order chi connectivity index (χ0) is 26.0. The SMILES string of the molecule is COc1ccc(C2/C(=C(\O)c3cc(C(C)(C)C)ccc3OC)C(=O)C(=O)N2Cc2ccncc2)cc1. The molecular formula is C29H30N2O5. The van der Waals surface area contributed by atoms with Gasteiger partial charge in [0.2, 0.25) is 0 Å². The van der Waals surface area contributed by atoms with Gasteiger partial charge < -0.3 is 19.5 Å². The van der Waals surface area contributed by atoms with E-state index in [1.54, 1.807) is 62.0 Å². The van der Waals surface area contributed by atoms with Crippen LogP contribution in [0.15, 0.2) is 72.6 Å². The highest BCUT2D eigenvalue weighted by atomic mass is 16.5. The second kappa shape index (κ2) is 9.85. The fourth-order valence-corrected chi connectivity index (χ4v) is 4.37.